The summed E-state index contributed by atoms with van der Waals surface area (Å²) in [6, 6.07) is 9.84. The smallest absolute Gasteiger partial charge is 0.142 e. The lowest BCUT2D eigenvalue weighted by molar-refractivity contribution is 0.306. The first-order valence-electron chi connectivity index (χ1n) is 6.09. The van der Waals surface area contributed by atoms with Gasteiger partial charge in [0.2, 0.25) is 0 Å². The third kappa shape index (κ3) is 3.42. The average Bonchev–Trinajstić information content (AvgIpc) is 2.41. The summed E-state index contributed by atoms with van der Waals surface area (Å²) in [5.41, 5.74) is 7.27. The van der Waals surface area contributed by atoms with Crippen molar-refractivity contribution in [3.05, 3.63) is 63.4 Å². The Morgan fingerprint density at radius 3 is 2.65 bits per heavy atom. The van der Waals surface area contributed by atoms with Crippen LogP contribution in [-0.4, -0.2) is 0 Å². The highest BCUT2D eigenvalue weighted by Gasteiger charge is 2.09. The molecule has 1 unspecified atom stereocenters. The molecule has 2 nitrogen and oxygen atoms in total. The Labute approximate surface area is 127 Å². The second-order valence-electron chi connectivity index (χ2n) is 4.48. The Morgan fingerprint density at radius 1 is 1.25 bits per heavy atom. The molecule has 2 aromatic carbocycles. The second-order valence-corrected chi connectivity index (χ2v) is 5.27. The van der Waals surface area contributed by atoms with E-state index in [2.05, 4.69) is 0 Å². The van der Waals surface area contributed by atoms with Crippen molar-refractivity contribution < 1.29 is 9.13 Å². The summed E-state index contributed by atoms with van der Waals surface area (Å²) in [7, 11) is 0. The Morgan fingerprint density at radius 2 is 2.00 bits per heavy atom. The summed E-state index contributed by atoms with van der Waals surface area (Å²) >= 11 is 12.0. The highest BCUT2D eigenvalue weighted by Crippen LogP contribution is 2.29. The first-order valence-corrected chi connectivity index (χ1v) is 6.85. The van der Waals surface area contributed by atoms with E-state index in [0.29, 0.717) is 16.3 Å². The zero-order valence-corrected chi connectivity index (χ0v) is 12.4. The predicted molar refractivity (Wildman–Crippen MR) is 79.8 cm³/mol. The topological polar surface area (TPSA) is 35.2 Å². The van der Waals surface area contributed by atoms with E-state index >= 15 is 0 Å². The fourth-order valence-electron chi connectivity index (χ4n) is 1.73. The van der Waals surface area contributed by atoms with Crippen LogP contribution in [0.3, 0.4) is 0 Å². The number of rotatable bonds is 4. The first-order chi connectivity index (χ1) is 9.49. The van der Waals surface area contributed by atoms with Gasteiger partial charge in [-0.15, -0.1) is 0 Å². The molecule has 106 valence electrons. The van der Waals surface area contributed by atoms with E-state index in [1.807, 2.05) is 13.0 Å². The molecule has 0 bridgehead atoms. The van der Waals surface area contributed by atoms with Gasteiger partial charge in [0.1, 0.15) is 18.2 Å². The zero-order valence-electron chi connectivity index (χ0n) is 10.9. The van der Waals surface area contributed by atoms with Gasteiger partial charge in [0.05, 0.1) is 10.0 Å². The molecule has 0 aliphatic carbocycles. The van der Waals surface area contributed by atoms with Gasteiger partial charge in [-0.05, 0) is 30.7 Å². The molecule has 5 heteroatoms. The molecule has 0 spiro atoms. The van der Waals surface area contributed by atoms with Crippen LogP contribution >= 0.6 is 23.2 Å². The van der Waals surface area contributed by atoms with Gasteiger partial charge in [0.25, 0.3) is 0 Å². The monoisotopic (exact) mass is 313 g/mol. The molecule has 0 saturated heterocycles. The van der Waals surface area contributed by atoms with Crippen molar-refractivity contribution in [2.24, 2.45) is 5.73 Å². The van der Waals surface area contributed by atoms with Crippen molar-refractivity contribution in [2.45, 2.75) is 19.6 Å². The Balaban J connectivity index is 2.13. The summed E-state index contributed by atoms with van der Waals surface area (Å²) < 4.78 is 18.9. The van der Waals surface area contributed by atoms with Crippen molar-refractivity contribution in [3.63, 3.8) is 0 Å². The van der Waals surface area contributed by atoms with Gasteiger partial charge in [-0.2, -0.15) is 0 Å². The first kappa shape index (κ1) is 15.1. The van der Waals surface area contributed by atoms with E-state index in [1.165, 1.54) is 6.07 Å². The fraction of sp³-hybridized carbons (Fsp3) is 0.200. The van der Waals surface area contributed by atoms with Crippen molar-refractivity contribution in [1.29, 1.82) is 0 Å². The zero-order chi connectivity index (χ0) is 14.7. The van der Waals surface area contributed by atoms with Crippen LogP contribution in [0.4, 0.5) is 4.39 Å². The summed E-state index contributed by atoms with van der Waals surface area (Å²) in [6.45, 7) is 2.02. The lowest BCUT2D eigenvalue weighted by Gasteiger charge is -2.12. The lowest BCUT2D eigenvalue weighted by atomic mass is 10.1. The molecule has 2 aromatic rings. The molecule has 1 atom stereocenters. The molecule has 0 saturated carbocycles. The second kappa shape index (κ2) is 6.44. The quantitative estimate of drug-likeness (QED) is 0.885. The molecule has 2 N–H and O–H groups in total. The number of halogens is 3. The van der Waals surface area contributed by atoms with Crippen LogP contribution in [0.5, 0.6) is 5.75 Å². The highest BCUT2D eigenvalue weighted by atomic mass is 35.5. The van der Waals surface area contributed by atoms with E-state index in [4.69, 9.17) is 33.7 Å². The number of ether oxygens (including phenoxy) is 1. The molecular formula is C15H14Cl2FNO. The van der Waals surface area contributed by atoms with Crippen LogP contribution in [0.25, 0.3) is 0 Å². The Kier molecular flexibility index (Phi) is 4.86. The van der Waals surface area contributed by atoms with E-state index in [9.17, 15) is 4.39 Å². The van der Waals surface area contributed by atoms with Gasteiger partial charge in [-0.25, -0.2) is 4.39 Å². The van der Waals surface area contributed by atoms with Crippen LogP contribution in [0, 0.1) is 5.82 Å². The predicted octanol–water partition coefficient (Wildman–Crippen LogP) is 4.73. The average molecular weight is 314 g/mol. The molecule has 0 fully saturated rings. The largest absolute Gasteiger partial charge is 0.487 e. The van der Waals surface area contributed by atoms with E-state index in [0.717, 1.165) is 5.56 Å². The maximum atomic E-state index is 13.3. The van der Waals surface area contributed by atoms with Crippen molar-refractivity contribution >= 4 is 23.2 Å². The molecule has 2 rings (SSSR count). The van der Waals surface area contributed by atoms with Gasteiger partial charge in [0.15, 0.2) is 0 Å². The summed E-state index contributed by atoms with van der Waals surface area (Å²) in [4.78, 5) is 0. The molecule has 20 heavy (non-hydrogen) atoms. The minimum absolute atomic E-state index is 0.0656. The molecule has 0 aliphatic heterocycles. The number of hydrogen-bond donors (Lipinski definition) is 1. The van der Waals surface area contributed by atoms with Crippen LogP contribution in [-0.2, 0) is 6.61 Å². The highest BCUT2D eigenvalue weighted by molar-refractivity contribution is 6.32. The lowest BCUT2D eigenvalue weighted by Crippen LogP contribution is -2.05. The van der Waals surface area contributed by atoms with Gasteiger partial charge in [-0.1, -0.05) is 41.4 Å². The maximum Gasteiger partial charge on any atom is 0.142 e. The third-order valence-corrected chi connectivity index (χ3v) is 3.62. The molecule has 0 radical (unpaired) electrons. The van der Waals surface area contributed by atoms with Gasteiger partial charge < -0.3 is 10.5 Å². The Bertz CT molecular complexity index is 617. The van der Waals surface area contributed by atoms with Gasteiger partial charge >= 0.3 is 0 Å². The minimum Gasteiger partial charge on any atom is -0.487 e. The van der Waals surface area contributed by atoms with Crippen molar-refractivity contribution in [3.8, 4) is 5.75 Å². The normalized spacial score (nSPS) is 12.2. The Hall–Kier alpha value is -1.29. The van der Waals surface area contributed by atoms with Gasteiger partial charge in [0, 0.05) is 11.6 Å². The minimum atomic E-state index is -0.467. The van der Waals surface area contributed by atoms with Crippen LogP contribution in [0.2, 0.25) is 10.0 Å². The molecule has 0 aliphatic rings. The summed E-state index contributed by atoms with van der Waals surface area (Å²) in [5.74, 6) is 0.0440. The SMILES string of the molecule is CC(N)c1ccc(OCc2cccc(F)c2Cl)c(Cl)c1. The van der Waals surface area contributed by atoms with Crippen LogP contribution in [0.15, 0.2) is 36.4 Å². The van der Waals surface area contributed by atoms with Crippen LogP contribution < -0.4 is 10.5 Å². The summed E-state index contributed by atoms with van der Waals surface area (Å²) in [6.07, 6.45) is 0. The molecule has 0 amide bonds. The van der Waals surface area contributed by atoms with Crippen molar-refractivity contribution in [1.82, 2.24) is 0 Å². The van der Waals surface area contributed by atoms with Crippen molar-refractivity contribution in [2.75, 3.05) is 0 Å². The third-order valence-electron chi connectivity index (χ3n) is 2.90. The van der Waals surface area contributed by atoms with E-state index in [-0.39, 0.29) is 17.7 Å². The van der Waals surface area contributed by atoms with E-state index in [1.54, 1.807) is 24.3 Å². The molecule has 0 aromatic heterocycles. The standard InChI is InChI=1S/C15H14Cl2FNO/c1-9(19)10-5-6-14(12(16)7-10)20-8-11-3-2-4-13(18)15(11)17/h2-7,9H,8,19H2,1H3. The maximum absolute atomic E-state index is 13.3. The van der Waals surface area contributed by atoms with E-state index < -0.39 is 5.82 Å². The van der Waals surface area contributed by atoms with Crippen LogP contribution in [0.1, 0.15) is 24.1 Å². The fourth-order valence-corrected chi connectivity index (χ4v) is 2.16. The number of nitrogens with two attached hydrogens (primary N) is 1. The number of benzene rings is 2. The molecule has 0 heterocycles. The number of hydrogen-bond acceptors (Lipinski definition) is 2. The molecular weight excluding hydrogens is 300 g/mol. The summed E-state index contributed by atoms with van der Waals surface area (Å²) in [5, 5.41) is 0.531. The van der Waals surface area contributed by atoms with Gasteiger partial charge in [-0.3, -0.25) is 0 Å².